The number of fused-ring (bicyclic) bond motifs is 1. The molecule has 11 heteroatoms. The van der Waals surface area contributed by atoms with Crippen LogP contribution in [0.3, 0.4) is 0 Å². The minimum atomic E-state index is -0.838. The van der Waals surface area contributed by atoms with Crippen molar-refractivity contribution in [3.05, 3.63) is 46.8 Å². The first-order valence-corrected chi connectivity index (χ1v) is 12.4. The Morgan fingerprint density at radius 1 is 1.08 bits per heavy atom. The minimum Gasteiger partial charge on any atom is -0.493 e. The quantitative estimate of drug-likeness (QED) is 0.269. The average molecular weight is 594 g/mol. The number of unbranched alkanes of at least 4 members (excludes halogenated alkanes) is 1. The molecule has 38 heavy (non-hydrogen) atoms. The number of carboxylic acid groups (broad SMARTS) is 1. The molecule has 4 rings (SSSR count). The summed E-state index contributed by atoms with van der Waals surface area (Å²) in [6.07, 6.45) is 3.34. The third-order valence-electron chi connectivity index (χ3n) is 6.68. The van der Waals surface area contributed by atoms with E-state index in [9.17, 15) is 9.59 Å². The minimum absolute atomic E-state index is 0. The molecule has 2 heterocycles. The molecule has 2 aromatic carbocycles. The molecule has 2 N–H and O–H groups in total. The molecule has 0 spiro atoms. The third kappa shape index (κ3) is 6.38. The molecule has 2 aliphatic rings. The fraction of sp³-hybridized carbons (Fsp3) is 0.444. The number of aliphatic carboxylic acids is 1. The fourth-order valence-electron chi connectivity index (χ4n) is 4.78. The largest absolute Gasteiger partial charge is 0.493 e. The Balaban J connectivity index is 0.00000400. The van der Waals surface area contributed by atoms with Crippen molar-refractivity contribution in [3.63, 3.8) is 0 Å². The molecular formula is C27H33BrFN3O6. The first-order valence-electron chi connectivity index (χ1n) is 12.4. The Morgan fingerprint density at radius 3 is 2.47 bits per heavy atom. The zero-order valence-electron chi connectivity index (χ0n) is 21.5. The van der Waals surface area contributed by atoms with Gasteiger partial charge in [-0.15, -0.1) is 17.0 Å². The van der Waals surface area contributed by atoms with Gasteiger partial charge in [-0.1, -0.05) is 0 Å². The summed E-state index contributed by atoms with van der Waals surface area (Å²) in [5.74, 6) is -1.09. The number of rotatable bonds is 12. The maximum atomic E-state index is 15.1. The van der Waals surface area contributed by atoms with Gasteiger partial charge in [0.15, 0.2) is 23.1 Å². The molecule has 0 atom stereocenters. The van der Waals surface area contributed by atoms with Gasteiger partial charge in [0.1, 0.15) is 11.6 Å². The van der Waals surface area contributed by atoms with Gasteiger partial charge in [0.05, 0.1) is 32.9 Å². The maximum Gasteiger partial charge on any atom is 0.303 e. The van der Waals surface area contributed by atoms with Gasteiger partial charge in [0, 0.05) is 43.4 Å². The normalized spacial score (nSPS) is 14.2. The van der Waals surface area contributed by atoms with Crippen LogP contribution < -0.4 is 19.1 Å². The van der Waals surface area contributed by atoms with Crippen LogP contribution in [0.2, 0.25) is 0 Å². The van der Waals surface area contributed by atoms with Crippen LogP contribution in [-0.4, -0.2) is 68.1 Å². The number of carboxylic acids is 1. The van der Waals surface area contributed by atoms with E-state index in [1.165, 1.54) is 19.1 Å². The van der Waals surface area contributed by atoms with Crippen LogP contribution in [0.15, 0.2) is 24.3 Å². The van der Waals surface area contributed by atoms with Crippen molar-refractivity contribution in [3.8, 4) is 17.2 Å². The zero-order chi connectivity index (χ0) is 26.5. The van der Waals surface area contributed by atoms with Gasteiger partial charge >= 0.3 is 5.97 Å². The lowest BCUT2D eigenvalue weighted by Gasteiger charge is -2.21. The van der Waals surface area contributed by atoms with E-state index in [2.05, 4.69) is 4.90 Å². The average Bonchev–Trinajstić information content (AvgIpc) is 3.52. The number of Topliss-reactive ketones (excluding diaryl/α,β-unsaturated/α-hetero) is 1. The summed E-state index contributed by atoms with van der Waals surface area (Å²) in [6, 6.07) is 7.06. The number of amidine groups is 1. The third-order valence-corrected chi connectivity index (χ3v) is 6.68. The Hall–Kier alpha value is -3.34. The van der Waals surface area contributed by atoms with Crippen LogP contribution in [0.5, 0.6) is 17.2 Å². The molecule has 206 valence electrons. The molecule has 2 aliphatic heterocycles. The standard InChI is InChI=1S/C27H32FN3O6.BrH/c1-35-22-13-18-15-31(27(29)24(18)25(28)26(22)36-2)16-21(32)17-11-19(30-8-4-5-9-30)14-20(12-17)37-10-6-3-7-23(33)34;/h11-14,29H,3-10,15-16H2,1-2H3,(H,33,34);1H. The van der Waals surface area contributed by atoms with Crippen LogP contribution in [0, 0.1) is 11.2 Å². The van der Waals surface area contributed by atoms with Crippen molar-refractivity contribution >= 4 is 40.3 Å². The number of hydrogen-bond donors (Lipinski definition) is 2. The van der Waals surface area contributed by atoms with Gasteiger partial charge in [-0.3, -0.25) is 15.0 Å². The lowest BCUT2D eigenvalue weighted by Crippen LogP contribution is -2.30. The number of nitrogens with one attached hydrogen (secondary N) is 1. The van der Waals surface area contributed by atoms with Crippen molar-refractivity contribution in [2.75, 3.05) is 45.4 Å². The first-order chi connectivity index (χ1) is 17.8. The Kier molecular flexibility index (Phi) is 9.96. The summed E-state index contributed by atoms with van der Waals surface area (Å²) in [5.41, 5.74) is 2.01. The highest BCUT2D eigenvalue weighted by atomic mass is 79.9. The number of nitrogens with zero attached hydrogens (tertiary/aromatic N) is 2. The highest BCUT2D eigenvalue weighted by molar-refractivity contribution is 8.93. The number of ketones is 1. The molecule has 0 bridgehead atoms. The maximum absolute atomic E-state index is 15.1. The van der Waals surface area contributed by atoms with Gasteiger partial charge in [-0.25, -0.2) is 4.39 Å². The predicted molar refractivity (Wildman–Crippen MR) is 146 cm³/mol. The number of benzene rings is 2. The second kappa shape index (κ2) is 12.9. The number of carbonyl (C=O) groups is 2. The van der Waals surface area contributed by atoms with Crippen LogP contribution in [0.25, 0.3) is 0 Å². The van der Waals surface area contributed by atoms with Gasteiger partial charge in [0.25, 0.3) is 0 Å². The van der Waals surface area contributed by atoms with Gasteiger partial charge in [-0.05, 0) is 49.4 Å². The highest BCUT2D eigenvalue weighted by Gasteiger charge is 2.33. The number of anilines is 1. The van der Waals surface area contributed by atoms with E-state index < -0.39 is 11.8 Å². The molecule has 1 saturated heterocycles. The summed E-state index contributed by atoms with van der Waals surface area (Å²) in [7, 11) is 2.76. The topological polar surface area (TPSA) is 112 Å². The zero-order valence-corrected chi connectivity index (χ0v) is 23.3. The monoisotopic (exact) mass is 593 g/mol. The molecule has 2 aromatic rings. The predicted octanol–water partition coefficient (Wildman–Crippen LogP) is 4.68. The van der Waals surface area contributed by atoms with E-state index in [4.69, 9.17) is 24.7 Å². The SMILES string of the molecule is Br.COc1cc2c(c(F)c1OC)C(=N)N(CC(=O)c1cc(OCCCCC(=O)O)cc(N3CCCC3)c1)C2. The number of halogens is 2. The molecule has 9 nitrogen and oxygen atoms in total. The highest BCUT2D eigenvalue weighted by Crippen LogP contribution is 2.38. The van der Waals surface area contributed by atoms with E-state index in [1.54, 1.807) is 12.1 Å². The number of hydrogen-bond acceptors (Lipinski definition) is 7. The van der Waals surface area contributed by atoms with Crippen molar-refractivity contribution < 1.29 is 33.3 Å². The molecular weight excluding hydrogens is 561 g/mol. The van der Waals surface area contributed by atoms with Crippen molar-refractivity contribution in [2.45, 2.75) is 38.6 Å². The van der Waals surface area contributed by atoms with E-state index >= 15 is 4.39 Å². The van der Waals surface area contributed by atoms with Crippen molar-refractivity contribution in [1.29, 1.82) is 5.41 Å². The summed E-state index contributed by atoms with van der Waals surface area (Å²) in [4.78, 5) is 27.8. The molecule has 0 aromatic heterocycles. The first kappa shape index (κ1) is 29.2. The molecule has 0 saturated carbocycles. The second-order valence-corrected chi connectivity index (χ2v) is 9.20. The fourth-order valence-corrected chi connectivity index (χ4v) is 4.78. The summed E-state index contributed by atoms with van der Waals surface area (Å²) in [6.45, 7) is 2.24. The van der Waals surface area contributed by atoms with Gasteiger partial charge < -0.3 is 29.1 Å². The molecule has 0 radical (unpaired) electrons. The van der Waals surface area contributed by atoms with Crippen LogP contribution in [-0.2, 0) is 11.3 Å². The Labute approximate surface area is 231 Å². The van der Waals surface area contributed by atoms with Crippen molar-refractivity contribution in [2.24, 2.45) is 0 Å². The van der Waals surface area contributed by atoms with Crippen LogP contribution >= 0.6 is 17.0 Å². The molecule has 0 amide bonds. The number of methoxy groups -OCH3 is 2. The summed E-state index contributed by atoms with van der Waals surface area (Å²) < 4.78 is 31.3. The summed E-state index contributed by atoms with van der Waals surface area (Å²) >= 11 is 0. The second-order valence-electron chi connectivity index (χ2n) is 9.20. The van der Waals surface area contributed by atoms with Crippen LogP contribution in [0.4, 0.5) is 10.1 Å². The van der Waals surface area contributed by atoms with Crippen LogP contribution in [0.1, 0.15) is 53.6 Å². The van der Waals surface area contributed by atoms with E-state index in [-0.39, 0.29) is 65.2 Å². The Bertz CT molecular complexity index is 1200. The van der Waals surface area contributed by atoms with E-state index in [0.717, 1.165) is 31.6 Å². The van der Waals surface area contributed by atoms with E-state index in [0.29, 0.717) is 36.3 Å². The van der Waals surface area contributed by atoms with E-state index in [1.807, 2.05) is 12.1 Å². The van der Waals surface area contributed by atoms with Gasteiger partial charge in [0.2, 0.25) is 0 Å². The number of carbonyl (C=O) groups excluding carboxylic acids is 1. The smallest absolute Gasteiger partial charge is 0.303 e. The van der Waals surface area contributed by atoms with Crippen molar-refractivity contribution in [1.82, 2.24) is 4.90 Å². The molecule has 0 unspecified atom stereocenters. The lowest BCUT2D eigenvalue weighted by molar-refractivity contribution is -0.137. The molecule has 0 aliphatic carbocycles. The summed E-state index contributed by atoms with van der Waals surface area (Å²) in [5, 5.41) is 17.3. The number of ether oxygens (including phenoxy) is 3. The Morgan fingerprint density at radius 2 is 1.82 bits per heavy atom. The van der Waals surface area contributed by atoms with Gasteiger partial charge in [-0.2, -0.15) is 0 Å². The molecule has 1 fully saturated rings. The lowest BCUT2D eigenvalue weighted by atomic mass is 10.1.